The van der Waals surface area contributed by atoms with E-state index in [1.54, 1.807) is 6.42 Å². The summed E-state index contributed by atoms with van der Waals surface area (Å²) in [6.07, 6.45) is 9.41. The number of benzene rings is 3. The second-order valence-corrected chi connectivity index (χ2v) is 8.96. The molecular weight excluding hydrogens is 770 g/mol. The van der Waals surface area contributed by atoms with Crippen LogP contribution in [0.2, 0.25) is 5.02 Å². The Kier molecular flexibility index (Phi) is 17.3. The van der Waals surface area contributed by atoms with Gasteiger partial charge in [0.15, 0.2) is 11.6 Å². The van der Waals surface area contributed by atoms with E-state index in [1.165, 1.54) is 39.2 Å². The molecule has 1 saturated carbocycles. The SMILES string of the molecule is CN.CNC1CCCCC1.O=Cc1ccc(OC(F)F)c(F)c1-c1c(C[CH-]c2ccccc2)[c-]cc(F)c1Cl.[U+2]. The molecule has 0 unspecified atom stereocenters. The van der Waals surface area contributed by atoms with Gasteiger partial charge in [0.2, 0.25) is 0 Å². The van der Waals surface area contributed by atoms with E-state index < -0.39 is 34.6 Å². The van der Waals surface area contributed by atoms with Crippen molar-refractivity contribution < 1.29 is 58.2 Å². The molecule has 3 N–H and O–H groups in total. The molecule has 4 rings (SSSR count). The Morgan fingerprint density at radius 1 is 1.10 bits per heavy atom. The van der Waals surface area contributed by atoms with Crippen LogP contribution in [0.4, 0.5) is 17.6 Å². The first-order chi connectivity index (χ1) is 18.8. The Hall–Kier alpha value is -2.02. The van der Waals surface area contributed by atoms with Gasteiger partial charge in [-0.05, 0) is 49.7 Å². The van der Waals surface area contributed by atoms with Crippen molar-refractivity contribution in [2.45, 2.75) is 51.2 Å². The summed E-state index contributed by atoms with van der Waals surface area (Å²) < 4.78 is 58.5. The fraction of sp³-hybridized carbons (Fsp3) is 0.333. The van der Waals surface area contributed by atoms with Crippen LogP contribution in [0.3, 0.4) is 0 Å². The van der Waals surface area contributed by atoms with Gasteiger partial charge < -0.3 is 15.8 Å². The fourth-order valence-corrected chi connectivity index (χ4v) is 4.53. The van der Waals surface area contributed by atoms with Crippen LogP contribution in [0, 0.1) is 55.2 Å². The molecular formula is C30H33ClF4N2O2U. The Balaban J connectivity index is 0.000000619. The molecule has 0 atom stereocenters. The average Bonchev–Trinajstić information content (AvgIpc) is 2.97. The van der Waals surface area contributed by atoms with E-state index in [1.807, 2.05) is 30.3 Å². The first-order valence-electron chi connectivity index (χ1n) is 12.6. The summed E-state index contributed by atoms with van der Waals surface area (Å²) >= 11 is 6.09. The van der Waals surface area contributed by atoms with Crippen LogP contribution >= 0.6 is 11.6 Å². The molecule has 0 amide bonds. The van der Waals surface area contributed by atoms with Gasteiger partial charge in [-0.1, -0.05) is 31.7 Å². The monoisotopic (exact) mass is 802 g/mol. The molecule has 0 bridgehead atoms. The number of carbonyl (C=O) groups is 1. The third kappa shape index (κ3) is 10.4. The second-order valence-electron chi connectivity index (χ2n) is 8.58. The third-order valence-electron chi connectivity index (χ3n) is 6.19. The number of halogens is 5. The van der Waals surface area contributed by atoms with Gasteiger partial charge in [-0.25, -0.2) is 4.39 Å². The molecule has 0 aliphatic heterocycles. The van der Waals surface area contributed by atoms with E-state index in [0.717, 1.165) is 29.8 Å². The van der Waals surface area contributed by atoms with Crippen LogP contribution in [0.1, 0.15) is 53.6 Å². The van der Waals surface area contributed by atoms with Crippen LogP contribution < -0.4 is 15.8 Å². The topological polar surface area (TPSA) is 64.3 Å². The molecule has 0 aromatic heterocycles. The molecule has 0 heterocycles. The molecule has 10 heteroatoms. The predicted molar refractivity (Wildman–Crippen MR) is 147 cm³/mol. The Morgan fingerprint density at radius 2 is 1.75 bits per heavy atom. The molecule has 3 aromatic rings. The standard InChI is InChI=1S/C22H13ClF4O2.C7H15N.CH5N.U/c23-20-16(24)10-8-14(7-6-13-4-2-1-3-5-13)18(20)19-15(12-28)9-11-17(21(19)25)29-22(26)27;1-8-7-5-3-2-4-6-7;1-2;/h1-6,9-12,22H,7H2;7-8H,2-6H2,1H3;2H2,1H3;/q-2;;;+2. The first-order valence-corrected chi connectivity index (χ1v) is 13.0. The number of nitrogens with two attached hydrogens (primary N) is 1. The fourth-order valence-electron chi connectivity index (χ4n) is 4.27. The Bertz CT molecular complexity index is 1180. The molecule has 1 fully saturated rings. The summed E-state index contributed by atoms with van der Waals surface area (Å²) in [7, 11) is 3.57. The first kappa shape index (κ1) is 36.0. The quantitative estimate of drug-likeness (QED) is 0.142. The number of aldehydes is 1. The summed E-state index contributed by atoms with van der Waals surface area (Å²) in [4.78, 5) is 11.5. The van der Waals surface area contributed by atoms with Crippen molar-refractivity contribution in [3.8, 4) is 16.9 Å². The van der Waals surface area contributed by atoms with E-state index in [-0.39, 0.29) is 54.2 Å². The van der Waals surface area contributed by atoms with Crippen molar-refractivity contribution in [2.24, 2.45) is 5.73 Å². The molecule has 0 spiro atoms. The van der Waals surface area contributed by atoms with Crippen molar-refractivity contribution in [3.63, 3.8) is 0 Å². The number of nitrogens with one attached hydrogen (secondary N) is 1. The maximum Gasteiger partial charge on any atom is 2.00 e. The minimum atomic E-state index is -3.28. The maximum absolute atomic E-state index is 15.0. The number of alkyl halides is 2. The number of rotatable bonds is 8. The van der Waals surface area contributed by atoms with Gasteiger partial charge in [-0.2, -0.15) is 44.5 Å². The maximum atomic E-state index is 15.0. The molecule has 214 valence electrons. The molecule has 0 saturated heterocycles. The molecule has 1 aliphatic rings. The van der Waals surface area contributed by atoms with Gasteiger partial charge in [0.05, 0.1) is 0 Å². The average molecular weight is 803 g/mol. The number of ether oxygens (including phenoxy) is 1. The summed E-state index contributed by atoms with van der Waals surface area (Å²) in [5.74, 6) is -2.91. The summed E-state index contributed by atoms with van der Waals surface area (Å²) in [5, 5.41) is 2.86. The van der Waals surface area contributed by atoms with Crippen LogP contribution in [0.15, 0.2) is 48.5 Å². The largest absolute Gasteiger partial charge is 2.00 e. The van der Waals surface area contributed by atoms with Crippen LogP contribution in [0.25, 0.3) is 11.1 Å². The summed E-state index contributed by atoms with van der Waals surface area (Å²) in [6, 6.07) is 15.7. The molecule has 40 heavy (non-hydrogen) atoms. The smallest absolute Gasteiger partial charge is 0.432 e. The van der Waals surface area contributed by atoms with Gasteiger partial charge in [0.1, 0.15) is 6.29 Å². The van der Waals surface area contributed by atoms with Crippen molar-refractivity contribution >= 4 is 17.9 Å². The Morgan fingerprint density at radius 3 is 2.30 bits per heavy atom. The zero-order valence-corrected chi connectivity index (χ0v) is 27.4. The van der Waals surface area contributed by atoms with Crippen molar-refractivity contribution in [2.75, 3.05) is 14.1 Å². The van der Waals surface area contributed by atoms with Crippen molar-refractivity contribution in [1.82, 2.24) is 5.32 Å². The van der Waals surface area contributed by atoms with Gasteiger partial charge in [-0.15, -0.1) is 35.4 Å². The van der Waals surface area contributed by atoms with Crippen LogP contribution in [-0.4, -0.2) is 33.0 Å². The van der Waals surface area contributed by atoms with E-state index in [2.05, 4.69) is 28.9 Å². The van der Waals surface area contributed by atoms with E-state index in [9.17, 15) is 22.4 Å². The molecule has 0 radical (unpaired) electrons. The minimum Gasteiger partial charge on any atom is -0.432 e. The molecule has 4 nitrogen and oxygen atoms in total. The number of hydrogen-bond acceptors (Lipinski definition) is 4. The Labute approximate surface area is 262 Å². The normalized spacial score (nSPS) is 12.7. The van der Waals surface area contributed by atoms with Gasteiger partial charge >= 0.3 is 37.7 Å². The van der Waals surface area contributed by atoms with Crippen molar-refractivity contribution in [3.05, 3.63) is 94.4 Å². The van der Waals surface area contributed by atoms with Gasteiger partial charge in [0, 0.05) is 17.4 Å². The zero-order chi connectivity index (χ0) is 28.8. The summed E-state index contributed by atoms with van der Waals surface area (Å²) in [6.45, 7) is -3.28. The van der Waals surface area contributed by atoms with Crippen LogP contribution in [-0.2, 0) is 6.42 Å². The van der Waals surface area contributed by atoms with Gasteiger partial charge in [-0.3, -0.25) is 9.18 Å². The molecule has 3 aromatic carbocycles. The zero-order valence-electron chi connectivity index (χ0n) is 22.5. The van der Waals surface area contributed by atoms with Crippen molar-refractivity contribution in [1.29, 1.82) is 0 Å². The number of hydrogen-bond donors (Lipinski definition) is 2. The second kappa shape index (κ2) is 19.2. The summed E-state index contributed by atoms with van der Waals surface area (Å²) in [5.41, 5.74) is 4.88. The third-order valence-corrected chi connectivity index (χ3v) is 6.56. The van der Waals surface area contributed by atoms with E-state index in [4.69, 9.17) is 11.6 Å². The van der Waals surface area contributed by atoms with Gasteiger partial charge in [0.25, 0.3) is 0 Å². The molecule has 1 aliphatic carbocycles. The van der Waals surface area contributed by atoms with E-state index >= 15 is 0 Å². The van der Waals surface area contributed by atoms with E-state index in [0.29, 0.717) is 6.29 Å². The minimum absolute atomic E-state index is 0. The number of carbonyl (C=O) groups excluding carboxylic acids is 1. The van der Waals surface area contributed by atoms with Crippen LogP contribution in [0.5, 0.6) is 5.75 Å². The predicted octanol–water partition coefficient (Wildman–Crippen LogP) is 7.41.